The van der Waals surface area contributed by atoms with Crippen LogP contribution < -0.4 is 5.73 Å². The standard InChI is InChI=1S/C12H26N2O/c13-8-5-10-14(12-6-4-7-12)9-2-1-3-11-15/h12,15H,1-11,13H2. The highest BCUT2D eigenvalue weighted by molar-refractivity contribution is 4.79. The molecule has 3 nitrogen and oxygen atoms in total. The quantitative estimate of drug-likeness (QED) is 0.570. The van der Waals surface area contributed by atoms with Crippen molar-refractivity contribution in [2.75, 3.05) is 26.2 Å². The number of hydrogen-bond acceptors (Lipinski definition) is 3. The van der Waals surface area contributed by atoms with Gasteiger partial charge in [-0.3, -0.25) is 0 Å². The third-order valence-corrected chi connectivity index (χ3v) is 3.34. The summed E-state index contributed by atoms with van der Waals surface area (Å²) in [6, 6.07) is 0.839. The summed E-state index contributed by atoms with van der Waals surface area (Å²) in [4.78, 5) is 2.60. The van der Waals surface area contributed by atoms with Gasteiger partial charge in [-0.05, 0) is 58.2 Å². The van der Waals surface area contributed by atoms with E-state index in [1.807, 2.05) is 0 Å². The number of nitrogens with zero attached hydrogens (tertiary/aromatic N) is 1. The fraction of sp³-hybridized carbons (Fsp3) is 1.00. The van der Waals surface area contributed by atoms with Crippen LogP contribution in [0.3, 0.4) is 0 Å². The lowest BCUT2D eigenvalue weighted by Crippen LogP contribution is -2.41. The van der Waals surface area contributed by atoms with Crippen molar-refractivity contribution in [3.05, 3.63) is 0 Å². The molecular formula is C12H26N2O. The minimum atomic E-state index is 0.340. The number of unbranched alkanes of at least 4 members (excludes halogenated alkanes) is 2. The Morgan fingerprint density at radius 2 is 1.80 bits per heavy atom. The Hall–Kier alpha value is -0.120. The van der Waals surface area contributed by atoms with E-state index in [9.17, 15) is 0 Å². The van der Waals surface area contributed by atoms with Crippen LogP contribution in [-0.2, 0) is 0 Å². The van der Waals surface area contributed by atoms with E-state index in [1.54, 1.807) is 0 Å². The van der Waals surface area contributed by atoms with Crippen LogP contribution in [0.4, 0.5) is 0 Å². The van der Waals surface area contributed by atoms with E-state index in [2.05, 4.69) is 4.90 Å². The predicted molar refractivity (Wildman–Crippen MR) is 63.8 cm³/mol. The zero-order valence-electron chi connectivity index (χ0n) is 9.83. The first-order valence-corrected chi connectivity index (χ1v) is 6.43. The minimum absolute atomic E-state index is 0.340. The van der Waals surface area contributed by atoms with Crippen molar-refractivity contribution in [3.8, 4) is 0 Å². The summed E-state index contributed by atoms with van der Waals surface area (Å²) in [5.74, 6) is 0. The summed E-state index contributed by atoms with van der Waals surface area (Å²) in [7, 11) is 0. The average Bonchev–Trinajstić information content (AvgIpc) is 2.17. The van der Waals surface area contributed by atoms with Crippen LogP contribution in [0.5, 0.6) is 0 Å². The lowest BCUT2D eigenvalue weighted by Gasteiger charge is -2.37. The van der Waals surface area contributed by atoms with Crippen molar-refractivity contribution in [2.24, 2.45) is 5.73 Å². The topological polar surface area (TPSA) is 49.5 Å². The Bertz CT molecular complexity index is 149. The lowest BCUT2D eigenvalue weighted by atomic mass is 9.91. The number of aliphatic hydroxyl groups excluding tert-OH is 1. The number of hydrogen-bond donors (Lipinski definition) is 2. The van der Waals surface area contributed by atoms with Crippen LogP contribution >= 0.6 is 0 Å². The Balaban J connectivity index is 2.10. The van der Waals surface area contributed by atoms with Crippen LogP contribution in [-0.4, -0.2) is 42.3 Å². The lowest BCUT2D eigenvalue weighted by molar-refractivity contribution is 0.123. The first-order chi connectivity index (χ1) is 7.38. The van der Waals surface area contributed by atoms with E-state index in [1.165, 1.54) is 38.8 Å². The first kappa shape index (κ1) is 12.9. The molecule has 0 radical (unpaired) electrons. The van der Waals surface area contributed by atoms with Crippen molar-refractivity contribution in [1.29, 1.82) is 0 Å². The van der Waals surface area contributed by atoms with Gasteiger partial charge in [-0.2, -0.15) is 0 Å². The number of aliphatic hydroxyl groups is 1. The monoisotopic (exact) mass is 214 g/mol. The molecule has 1 fully saturated rings. The second-order valence-corrected chi connectivity index (χ2v) is 4.55. The van der Waals surface area contributed by atoms with Crippen molar-refractivity contribution in [1.82, 2.24) is 4.90 Å². The summed E-state index contributed by atoms with van der Waals surface area (Å²) in [5.41, 5.74) is 5.55. The molecule has 0 aromatic rings. The van der Waals surface area contributed by atoms with Gasteiger partial charge in [0.1, 0.15) is 0 Å². The zero-order valence-corrected chi connectivity index (χ0v) is 9.83. The van der Waals surface area contributed by atoms with Gasteiger partial charge in [-0.25, -0.2) is 0 Å². The Morgan fingerprint density at radius 1 is 1.07 bits per heavy atom. The number of nitrogens with two attached hydrogens (primary N) is 1. The summed E-state index contributed by atoms with van der Waals surface area (Å²) in [6.07, 6.45) is 8.62. The largest absolute Gasteiger partial charge is 0.396 e. The van der Waals surface area contributed by atoms with Crippen LogP contribution in [0.2, 0.25) is 0 Å². The Labute approximate surface area is 93.6 Å². The molecule has 0 aromatic heterocycles. The van der Waals surface area contributed by atoms with E-state index >= 15 is 0 Å². The van der Waals surface area contributed by atoms with Gasteiger partial charge in [0.2, 0.25) is 0 Å². The molecule has 0 amide bonds. The van der Waals surface area contributed by atoms with Gasteiger partial charge in [0.05, 0.1) is 0 Å². The third kappa shape index (κ3) is 4.96. The van der Waals surface area contributed by atoms with E-state index < -0.39 is 0 Å². The second-order valence-electron chi connectivity index (χ2n) is 4.55. The summed E-state index contributed by atoms with van der Waals surface area (Å²) < 4.78 is 0. The molecule has 1 aliphatic rings. The third-order valence-electron chi connectivity index (χ3n) is 3.34. The van der Waals surface area contributed by atoms with Crippen LogP contribution in [0, 0.1) is 0 Å². The van der Waals surface area contributed by atoms with Gasteiger partial charge < -0.3 is 15.7 Å². The average molecular weight is 214 g/mol. The van der Waals surface area contributed by atoms with Gasteiger partial charge in [-0.1, -0.05) is 6.42 Å². The maximum absolute atomic E-state index is 8.71. The molecule has 3 heteroatoms. The van der Waals surface area contributed by atoms with Crippen LogP contribution in [0.1, 0.15) is 44.9 Å². The van der Waals surface area contributed by atoms with E-state index in [0.717, 1.165) is 31.8 Å². The SMILES string of the molecule is NCCCN(CCCCCO)C1CCC1. The molecule has 1 saturated carbocycles. The molecule has 0 spiro atoms. The maximum atomic E-state index is 8.71. The minimum Gasteiger partial charge on any atom is -0.396 e. The van der Waals surface area contributed by atoms with Gasteiger partial charge in [0.25, 0.3) is 0 Å². The fourth-order valence-electron chi connectivity index (χ4n) is 2.13. The fourth-order valence-corrected chi connectivity index (χ4v) is 2.13. The van der Waals surface area contributed by atoms with Crippen molar-refractivity contribution >= 4 is 0 Å². The molecule has 3 N–H and O–H groups in total. The smallest absolute Gasteiger partial charge is 0.0431 e. The Morgan fingerprint density at radius 3 is 2.33 bits per heavy atom. The van der Waals surface area contributed by atoms with Gasteiger partial charge in [-0.15, -0.1) is 0 Å². The molecule has 0 bridgehead atoms. The number of rotatable bonds is 9. The molecule has 0 aliphatic heterocycles. The van der Waals surface area contributed by atoms with Gasteiger partial charge in [0.15, 0.2) is 0 Å². The van der Waals surface area contributed by atoms with Crippen molar-refractivity contribution < 1.29 is 5.11 Å². The molecule has 1 aliphatic carbocycles. The highest BCUT2D eigenvalue weighted by Gasteiger charge is 2.23. The molecule has 0 aromatic carbocycles. The summed E-state index contributed by atoms with van der Waals surface area (Å²) in [5, 5.41) is 8.71. The molecule has 0 saturated heterocycles. The highest BCUT2D eigenvalue weighted by atomic mass is 16.2. The predicted octanol–water partition coefficient (Wildman–Crippen LogP) is 1.35. The molecule has 90 valence electrons. The molecule has 1 rings (SSSR count). The first-order valence-electron chi connectivity index (χ1n) is 6.43. The molecule has 0 atom stereocenters. The van der Waals surface area contributed by atoms with Crippen LogP contribution in [0.25, 0.3) is 0 Å². The normalized spacial score (nSPS) is 17.0. The van der Waals surface area contributed by atoms with E-state index in [4.69, 9.17) is 10.8 Å². The van der Waals surface area contributed by atoms with Crippen molar-refractivity contribution in [3.63, 3.8) is 0 Å². The van der Waals surface area contributed by atoms with E-state index in [0.29, 0.717) is 6.61 Å². The molecule has 0 heterocycles. The van der Waals surface area contributed by atoms with Crippen LogP contribution in [0.15, 0.2) is 0 Å². The van der Waals surface area contributed by atoms with Gasteiger partial charge >= 0.3 is 0 Å². The summed E-state index contributed by atoms with van der Waals surface area (Å²) in [6.45, 7) is 3.51. The molecule has 0 unspecified atom stereocenters. The van der Waals surface area contributed by atoms with E-state index in [-0.39, 0.29) is 0 Å². The maximum Gasteiger partial charge on any atom is 0.0431 e. The van der Waals surface area contributed by atoms with Gasteiger partial charge in [0, 0.05) is 12.6 Å². The summed E-state index contributed by atoms with van der Waals surface area (Å²) >= 11 is 0. The highest BCUT2D eigenvalue weighted by Crippen LogP contribution is 2.25. The molecule has 15 heavy (non-hydrogen) atoms. The molecular weight excluding hydrogens is 188 g/mol. The second kappa shape index (κ2) is 8.08. The van der Waals surface area contributed by atoms with Crippen molar-refractivity contribution in [2.45, 2.75) is 51.0 Å². The zero-order chi connectivity index (χ0) is 10.9. The Kier molecular flexibility index (Phi) is 6.98.